The van der Waals surface area contributed by atoms with Crippen LogP contribution >= 0.6 is 0 Å². The number of carbonyl (C=O) groups excluding carboxylic acids is 1. The third kappa shape index (κ3) is 2.94. The van der Waals surface area contributed by atoms with Gasteiger partial charge >= 0.3 is 0 Å². The van der Waals surface area contributed by atoms with Gasteiger partial charge in [-0.3, -0.25) is 9.69 Å². The highest BCUT2D eigenvalue weighted by molar-refractivity contribution is 5.82. The topological polar surface area (TPSA) is 32.3 Å². The summed E-state index contributed by atoms with van der Waals surface area (Å²) in [5.41, 5.74) is -0.111. The van der Waals surface area contributed by atoms with Crippen LogP contribution in [-0.4, -0.2) is 36.0 Å². The monoisotopic (exact) mass is 212 g/mol. The van der Waals surface area contributed by atoms with E-state index in [1.54, 1.807) is 0 Å². The quantitative estimate of drug-likeness (QED) is 0.771. The van der Waals surface area contributed by atoms with Crippen LogP contribution < -0.4 is 5.32 Å². The Bertz CT molecular complexity index is 236. The van der Waals surface area contributed by atoms with Crippen molar-refractivity contribution in [1.82, 2.24) is 10.2 Å². The summed E-state index contributed by atoms with van der Waals surface area (Å²) >= 11 is 0. The van der Waals surface area contributed by atoms with E-state index >= 15 is 0 Å². The molecule has 1 saturated heterocycles. The van der Waals surface area contributed by atoms with Gasteiger partial charge in [0.1, 0.15) is 0 Å². The molecule has 0 aliphatic carbocycles. The van der Waals surface area contributed by atoms with Gasteiger partial charge in [-0.1, -0.05) is 13.8 Å². The summed E-state index contributed by atoms with van der Waals surface area (Å²) in [5, 5.41) is 3.15. The van der Waals surface area contributed by atoms with Gasteiger partial charge in [0.25, 0.3) is 0 Å². The minimum atomic E-state index is -0.111. The van der Waals surface area contributed by atoms with Crippen molar-refractivity contribution in [2.24, 2.45) is 5.92 Å². The zero-order valence-corrected chi connectivity index (χ0v) is 10.6. The lowest BCUT2D eigenvalue weighted by Gasteiger charge is -2.33. The Morgan fingerprint density at radius 3 is 2.47 bits per heavy atom. The van der Waals surface area contributed by atoms with Gasteiger partial charge in [-0.25, -0.2) is 0 Å². The molecular formula is C12H24N2O. The number of carbonyl (C=O) groups is 1. The first kappa shape index (κ1) is 12.5. The number of hydrogen-bond acceptors (Lipinski definition) is 2. The van der Waals surface area contributed by atoms with E-state index in [1.165, 1.54) is 0 Å². The standard InChI is InChI=1S/C12H24N2O/c1-9(2)12(3,4)13-11(15)10-7-6-8-14(10)5/h9-10H,6-8H2,1-5H3,(H,13,15)/t10-/m0/s1. The Morgan fingerprint density at radius 2 is 2.07 bits per heavy atom. The van der Waals surface area contributed by atoms with Crippen LogP contribution in [0.5, 0.6) is 0 Å². The lowest BCUT2D eigenvalue weighted by Crippen LogP contribution is -2.53. The summed E-state index contributed by atoms with van der Waals surface area (Å²) in [6.45, 7) is 9.49. The molecule has 88 valence electrons. The molecule has 1 N–H and O–H groups in total. The van der Waals surface area contributed by atoms with E-state index in [0.717, 1.165) is 19.4 Å². The van der Waals surface area contributed by atoms with Crippen molar-refractivity contribution >= 4 is 5.91 Å². The summed E-state index contributed by atoms with van der Waals surface area (Å²) in [6, 6.07) is 0.0861. The van der Waals surface area contributed by atoms with E-state index in [4.69, 9.17) is 0 Å². The number of rotatable bonds is 3. The fourth-order valence-electron chi connectivity index (χ4n) is 1.79. The van der Waals surface area contributed by atoms with Crippen molar-refractivity contribution in [2.75, 3.05) is 13.6 Å². The molecule has 1 aliphatic rings. The molecule has 1 aliphatic heterocycles. The minimum Gasteiger partial charge on any atom is -0.350 e. The molecule has 0 aromatic carbocycles. The number of nitrogens with zero attached hydrogens (tertiary/aromatic N) is 1. The van der Waals surface area contributed by atoms with Gasteiger partial charge in [0.05, 0.1) is 6.04 Å². The van der Waals surface area contributed by atoms with Gasteiger partial charge in [0.15, 0.2) is 0 Å². The molecule has 0 aromatic rings. The molecule has 3 nitrogen and oxygen atoms in total. The van der Waals surface area contributed by atoms with Gasteiger partial charge in [0.2, 0.25) is 5.91 Å². The van der Waals surface area contributed by atoms with Gasteiger partial charge in [-0.2, -0.15) is 0 Å². The lowest BCUT2D eigenvalue weighted by atomic mass is 9.90. The molecule has 1 amide bonds. The van der Waals surface area contributed by atoms with E-state index in [2.05, 4.69) is 37.9 Å². The van der Waals surface area contributed by atoms with Crippen LogP contribution in [0.4, 0.5) is 0 Å². The summed E-state index contributed by atoms with van der Waals surface area (Å²) in [5.74, 6) is 0.641. The molecule has 0 radical (unpaired) electrons. The second-order valence-electron chi connectivity index (χ2n) is 5.50. The second kappa shape index (κ2) is 4.52. The first-order valence-corrected chi connectivity index (χ1v) is 5.87. The third-order valence-electron chi connectivity index (χ3n) is 3.71. The van der Waals surface area contributed by atoms with Gasteiger partial charge in [-0.05, 0) is 46.2 Å². The Kier molecular flexibility index (Phi) is 3.77. The molecule has 1 heterocycles. The molecule has 1 rings (SSSR count). The second-order valence-corrected chi connectivity index (χ2v) is 5.50. The lowest BCUT2D eigenvalue weighted by molar-refractivity contribution is -0.127. The normalized spacial score (nSPS) is 23.5. The molecule has 0 spiro atoms. The van der Waals surface area contributed by atoms with E-state index in [1.807, 2.05) is 7.05 Å². The first-order chi connectivity index (χ1) is 6.84. The molecule has 0 saturated carbocycles. The van der Waals surface area contributed by atoms with Crippen LogP contribution in [0.15, 0.2) is 0 Å². The molecule has 0 aromatic heterocycles. The summed E-state index contributed by atoms with van der Waals surface area (Å²) in [6.07, 6.45) is 2.13. The van der Waals surface area contributed by atoms with Gasteiger partial charge < -0.3 is 5.32 Å². The van der Waals surface area contributed by atoms with Gasteiger partial charge in [0, 0.05) is 5.54 Å². The van der Waals surface area contributed by atoms with Crippen LogP contribution in [0, 0.1) is 5.92 Å². The average molecular weight is 212 g/mol. The molecule has 3 heteroatoms. The average Bonchev–Trinajstić information content (AvgIpc) is 2.50. The third-order valence-corrected chi connectivity index (χ3v) is 3.71. The van der Waals surface area contributed by atoms with Crippen molar-refractivity contribution < 1.29 is 4.79 Å². The number of likely N-dealkylation sites (N-methyl/N-ethyl adjacent to an activating group) is 1. The maximum absolute atomic E-state index is 12.0. The summed E-state index contributed by atoms with van der Waals surface area (Å²) < 4.78 is 0. The largest absolute Gasteiger partial charge is 0.350 e. The van der Waals surface area contributed by atoms with Crippen LogP contribution in [-0.2, 0) is 4.79 Å². The highest BCUT2D eigenvalue weighted by Gasteiger charge is 2.32. The summed E-state index contributed by atoms with van der Waals surface area (Å²) in [7, 11) is 2.03. The van der Waals surface area contributed by atoms with Crippen LogP contribution in [0.1, 0.15) is 40.5 Å². The SMILES string of the molecule is CC(C)C(C)(C)NC(=O)[C@@H]1CCCN1C. The number of amides is 1. The van der Waals surface area contributed by atoms with E-state index in [-0.39, 0.29) is 17.5 Å². The van der Waals surface area contributed by atoms with Crippen molar-refractivity contribution in [2.45, 2.75) is 52.1 Å². The predicted molar refractivity (Wildman–Crippen MR) is 62.7 cm³/mol. The zero-order chi connectivity index (χ0) is 11.6. The fourth-order valence-corrected chi connectivity index (χ4v) is 1.79. The smallest absolute Gasteiger partial charge is 0.237 e. The zero-order valence-electron chi connectivity index (χ0n) is 10.6. The molecule has 0 bridgehead atoms. The Balaban J connectivity index is 2.55. The summed E-state index contributed by atoms with van der Waals surface area (Å²) in [4.78, 5) is 14.2. The van der Waals surface area contributed by atoms with E-state index in [0.29, 0.717) is 5.92 Å². The maximum Gasteiger partial charge on any atom is 0.237 e. The predicted octanol–water partition coefficient (Wildman–Crippen LogP) is 1.63. The van der Waals surface area contributed by atoms with Crippen LogP contribution in [0.2, 0.25) is 0 Å². The molecule has 1 fully saturated rings. The van der Waals surface area contributed by atoms with Crippen LogP contribution in [0.3, 0.4) is 0 Å². The highest BCUT2D eigenvalue weighted by atomic mass is 16.2. The van der Waals surface area contributed by atoms with Gasteiger partial charge in [-0.15, -0.1) is 0 Å². The minimum absolute atomic E-state index is 0.0861. The van der Waals surface area contributed by atoms with Crippen LogP contribution in [0.25, 0.3) is 0 Å². The Labute approximate surface area is 93.2 Å². The highest BCUT2D eigenvalue weighted by Crippen LogP contribution is 2.19. The number of nitrogens with one attached hydrogen (secondary N) is 1. The van der Waals surface area contributed by atoms with Crippen molar-refractivity contribution in [1.29, 1.82) is 0 Å². The van der Waals surface area contributed by atoms with Crippen molar-refractivity contribution in [3.8, 4) is 0 Å². The van der Waals surface area contributed by atoms with Crippen molar-refractivity contribution in [3.05, 3.63) is 0 Å². The molecular weight excluding hydrogens is 188 g/mol. The Hall–Kier alpha value is -0.570. The van der Waals surface area contributed by atoms with E-state index in [9.17, 15) is 4.79 Å². The fraction of sp³-hybridized carbons (Fsp3) is 0.917. The molecule has 0 unspecified atom stereocenters. The number of likely N-dealkylation sites (tertiary alicyclic amines) is 1. The first-order valence-electron chi connectivity index (χ1n) is 5.87. The van der Waals surface area contributed by atoms with E-state index < -0.39 is 0 Å². The molecule has 1 atom stereocenters. The molecule has 15 heavy (non-hydrogen) atoms. The maximum atomic E-state index is 12.0. The number of hydrogen-bond donors (Lipinski definition) is 1. The van der Waals surface area contributed by atoms with Crippen molar-refractivity contribution in [3.63, 3.8) is 0 Å². The Morgan fingerprint density at radius 1 is 1.47 bits per heavy atom.